The molecule has 7 heteroatoms. The zero-order valence-corrected chi connectivity index (χ0v) is 15.1. The molecule has 1 heterocycles. The lowest BCUT2D eigenvalue weighted by atomic mass is 10.1. The summed E-state index contributed by atoms with van der Waals surface area (Å²) in [5.74, 6) is -0.327. The molecule has 0 unspecified atom stereocenters. The SMILES string of the molecule is COCc1cc(C)n(CC(=O)Nc2cccc(SC)c2)c(=O)c1C#N. The number of thioether (sulfide) groups is 1. The van der Waals surface area contributed by atoms with Gasteiger partial charge in [0.15, 0.2) is 0 Å². The van der Waals surface area contributed by atoms with Gasteiger partial charge < -0.3 is 14.6 Å². The monoisotopic (exact) mass is 357 g/mol. The van der Waals surface area contributed by atoms with Gasteiger partial charge in [-0.15, -0.1) is 11.8 Å². The first-order valence-corrected chi connectivity index (χ1v) is 8.79. The minimum atomic E-state index is -0.484. The third kappa shape index (κ3) is 4.50. The molecule has 0 fully saturated rings. The van der Waals surface area contributed by atoms with Gasteiger partial charge >= 0.3 is 0 Å². The summed E-state index contributed by atoms with van der Waals surface area (Å²) in [5.41, 5.74) is 1.31. The molecule has 1 amide bonds. The number of nitrogens with one attached hydrogen (secondary N) is 1. The highest BCUT2D eigenvalue weighted by atomic mass is 32.2. The third-order valence-electron chi connectivity index (χ3n) is 3.66. The Hall–Kier alpha value is -2.56. The van der Waals surface area contributed by atoms with Gasteiger partial charge in [0.2, 0.25) is 5.91 Å². The first-order chi connectivity index (χ1) is 12.0. The molecule has 0 saturated heterocycles. The van der Waals surface area contributed by atoms with Crippen molar-refractivity contribution in [2.75, 3.05) is 18.7 Å². The topological polar surface area (TPSA) is 84.1 Å². The summed E-state index contributed by atoms with van der Waals surface area (Å²) in [6.45, 7) is 1.74. The van der Waals surface area contributed by atoms with Crippen LogP contribution in [0.1, 0.15) is 16.8 Å². The highest BCUT2D eigenvalue weighted by Gasteiger charge is 2.15. The van der Waals surface area contributed by atoms with E-state index in [0.717, 1.165) is 4.90 Å². The second-order valence-corrected chi connectivity index (χ2v) is 6.28. The number of hydrogen-bond donors (Lipinski definition) is 1. The number of aryl methyl sites for hydroxylation is 1. The lowest BCUT2D eigenvalue weighted by Crippen LogP contribution is -2.31. The molecule has 1 N–H and O–H groups in total. The number of nitriles is 1. The van der Waals surface area contributed by atoms with Crippen molar-refractivity contribution >= 4 is 23.4 Å². The van der Waals surface area contributed by atoms with Crippen molar-refractivity contribution in [3.05, 3.63) is 57.5 Å². The number of carbonyl (C=O) groups is 1. The molecule has 0 radical (unpaired) electrons. The summed E-state index contributed by atoms with van der Waals surface area (Å²) in [6.07, 6.45) is 1.95. The van der Waals surface area contributed by atoms with Gasteiger partial charge in [0.05, 0.1) is 6.61 Å². The molecule has 0 aliphatic heterocycles. The number of benzene rings is 1. The molecule has 0 aliphatic carbocycles. The lowest BCUT2D eigenvalue weighted by molar-refractivity contribution is -0.116. The number of amides is 1. The Labute approximate surface area is 150 Å². The molecule has 0 aliphatic rings. The number of ether oxygens (including phenoxy) is 1. The largest absolute Gasteiger partial charge is 0.380 e. The minimum absolute atomic E-state index is 0.00429. The van der Waals surface area contributed by atoms with E-state index < -0.39 is 5.56 Å². The van der Waals surface area contributed by atoms with Gasteiger partial charge in [0, 0.05) is 29.0 Å². The van der Waals surface area contributed by atoms with Crippen molar-refractivity contribution in [1.82, 2.24) is 4.57 Å². The second-order valence-electron chi connectivity index (χ2n) is 5.40. The van der Waals surface area contributed by atoms with Crippen LogP contribution in [-0.2, 0) is 22.7 Å². The molecule has 1 aromatic heterocycles. The molecule has 6 nitrogen and oxygen atoms in total. The van der Waals surface area contributed by atoms with E-state index in [-0.39, 0.29) is 24.6 Å². The third-order valence-corrected chi connectivity index (χ3v) is 4.38. The molecule has 2 aromatic rings. The van der Waals surface area contributed by atoms with Crippen LogP contribution in [0.2, 0.25) is 0 Å². The summed E-state index contributed by atoms with van der Waals surface area (Å²) in [5, 5.41) is 12.0. The van der Waals surface area contributed by atoms with Crippen molar-refractivity contribution in [3.63, 3.8) is 0 Å². The predicted octanol–water partition coefficient (Wildman–Crippen LogP) is 2.54. The molecule has 0 saturated carbocycles. The zero-order chi connectivity index (χ0) is 18.4. The molecule has 0 bridgehead atoms. The van der Waals surface area contributed by atoms with Gasteiger partial charge in [0.1, 0.15) is 18.2 Å². The maximum absolute atomic E-state index is 12.5. The molecule has 0 spiro atoms. The van der Waals surface area contributed by atoms with Crippen LogP contribution < -0.4 is 10.9 Å². The number of aromatic nitrogens is 1. The Morgan fingerprint density at radius 2 is 2.16 bits per heavy atom. The summed E-state index contributed by atoms with van der Waals surface area (Å²) >= 11 is 1.58. The highest BCUT2D eigenvalue weighted by molar-refractivity contribution is 7.98. The van der Waals surface area contributed by atoms with Gasteiger partial charge in [-0.2, -0.15) is 5.26 Å². The van der Waals surface area contributed by atoms with Crippen molar-refractivity contribution < 1.29 is 9.53 Å². The van der Waals surface area contributed by atoms with Crippen molar-refractivity contribution in [2.24, 2.45) is 0 Å². The van der Waals surface area contributed by atoms with E-state index in [1.54, 1.807) is 30.8 Å². The Kier molecular flexibility index (Phi) is 6.39. The van der Waals surface area contributed by atoms with E-state index in [1.807, 2.05) is 30.5 Å². The number of rotatable bonds is 6. The van der Waals surface area contributed by atoms with Crippen LogP contribution in [0.5, 0.6) is 0 Å². The lowest BCUT2D eigenvalue weighted by Gasteiger charge is -2.13. The predicted molar refractivity (Wildman–Crippen MR) is 97.7 cm³/mol. The minimum Gasteiger partial charge on any atom is -0.380 e. The number of nitrogens with zero attached hydrogens (tertiary/aromatic N) is 2. The van der Waals surface area contributed by atoms with E-state index in [9.17, 15) is 14.9 Å². The van der Waals surface area contributed by atoms with Crippen LogP contribution >= 0.6 is 11.8 Å². The quantitative estimate of drug-likeness (QED) is 0.803. The number of methoxy groups -OCH3 is 1. The van der Waals surface area contributed by atoms with E-state index in [1.165, 1.54) is 11.7 Å². The Balaban J connectivity index is 2.26. The maximum Gasteiger partial charge on any atom is 0.269 e. The van der Waals surface area contributed by atoms with E-state index >= 15 is 0 Å². The van der Waals surface area contributed by atoms with E-state index in [2.05, 4.69) is 5.32 Å². The van der Waals surface area contributed by atoms with Gasteiger partial charge in [-0.05, 0) is 37.4 Å². The fourth-order valence-electron chi connectivity index (χ4n) is 2.47. The molecular formula is C18H19N3O3S. The van der Waals surface area contributed by atoms with E-state index in [4.69, 9.17) is 4.74 Å². The number of anilines is 1. The summed E-state index contributed by atoms with van der Waals surface area (Å²) in [4.78, 5) is 25.8. The number of pyridine rings is 1. The Morgan fingerprint density at radius 1 is 1.40 bits per heavy atom. The summed E-state index contributed by atoms with van der Waals surface area (Å²) < 4.78 is 6.32. The van der Waals surface area contributed by atoms with Crippen LogP contribution in [0.3, 0.4) is 0 Å². The van der Waals surface area contributed by atoms with Crippen LogP contribution in [0, 0.1) is 18.3 Å². The zero-order valence-electron chi connectivity index (χ0n) is 14.3. The maximum atomic E-state index is 12.5. The summed E-state index contributed by atoms with van der Waals surface area (Å²) in [7, 11) is 1.50. The first-order valence-electron chi connectivity index (χ1n) is 7.56. The highest BCUT2D eigenvalue weighted by Crippen LogP contribution is 2.19. The Morgan fingerprint density at radius 3 is 2.80 bits per heavy atom. The van der Waals surface area contributed by atoms with Crippen LogP contribution in [0.4, 0.5) is 5.69 Å². The molecule has 130 valence electrons. The van der Waals surface area contributed by atoms with Gasteiger partial charge in [-0.25, -0.2) is 0 Å². The number of hydrogen-bond acceptors (Lipinski definition) is 5. The average molecular weight is 357 g/mol. The van der Waals surface area contributed by atoms with Gasteiger partial charge in [-0.1, -0.05) is 6.07 Å². The van der Waals surface area contributed by atoms with Crippen molar-refractivity contribution in [1.29, 1.82) is 5.26 Å². The van der Waals surface area contributed by atoms with Gasteiger partial charge in [-0.3, -0.25) is 9.59 Å². The smallest absolute Gasteiger partial charge is 0.269 e. The fourth-order valence-corrected chi connectivity index (χ4v) is 2.92. The molecule has 1 aromatic carbocycles. The van der Waals surface area contributed by atoms with Gasteiger partial charge in [0.25, 0.3) is 5.56 Å². The average Bonchev–Trinajstić information content (AvgIpc) is 2.59. The molecule has 2 rings (SSSR count). The second kappa shape index (κ2) is 8.51. The van der Waals surface area contributed by atoms with E-state index in [0.29, 0.717) is 16.9 Å². The normalized spacial score (nSPS) is 10.3. The van der Waals surface area contributed by atoms with Crippen LogP contribution in [0.25, 0.3) is 0 Å². The van der Waals surface area contributed by atoms with Crippen molar-refractivity contribution in [2.45, 2.75) is 25.0 Å². The summed E-state index contributed by atoms with van der Waals surface area (Å²) in [6, 6.07) is 11.1. The number of carbonyl (C=O) groups excluding carboxylic acids is 1. The fraction of sp³-hybridized carbons (Fsp3) is 0.278. The molecule has 25 heavy (non-hydrogen) atoms. The van der Waals surface area contributed by atoms with Crippen molar-refractivity contribution in [3.8, 4) is 6.07 Å². The molecular weight excluding hydrogens is 338 g/mol. The molecule has 0 atom stereocenters. The van der Waals surface area contributed by atoms with Crippen LogP contribution in [-0.4, -0.2) is 23.8 Å². The Bertz CT molecular complexity index is 884. The standard InChI is InChI=1S/C18H19N3O3S/c1-12-7-13(11-24-2)16(9-19)18(23)21(12)10-17(22)20-14-5-4-6-15(8-14)25-3/h4-8H,10-11H2,1-3H3,(H,20,22). The van der Waals surface area contributed by atoms with Crippen LogP contribution in [0.15, 0.2) is 40.0 Å². The first kappa shape index (κ1) is 18.8.